The minimum atomic E-state index is -0.841. The lowest BCUT2D eigenvalue weighted by molar-refractivity contribution is -0.139. The number of carbonyl (C=O) groups is 1. The molecule has 82 valence electrons. The monoisotopic (exact) mass is 210 g/mol. The van der Waals surface area contributed by atoms with Crippen LogP contribution in [-0.2, 0) is 4.79 Å². The van der Waals surface area contributed by atoms with E-state index in [1.54, 1.807) is 13.0 Å². The zero-order valence-corrected chi connectivity index (χ0v) is 8.96. The highest BCUT2D eigenvalue weighted by Crippen LogP contribution is 2.25. The first-order valence-corrected chi connectivity index (χ1v) is 5.05. The van der Waals surface area contributed by atoms with Crippen LogP contribution >= 0.6 is 0 Å². The van der Waals surface area contributed by atoms with Gasteiger partial charge in [-0.2, -0.15) is 0 Å². The molecular weight excluding hydrogens is 195 g/mol. The van der Waals surface area contributed by atoms with Crippen molar-refractivity contribution in [1.29, 1.82) is 0 Å². The first-order chi connectivity index (χ1) is 7.06. The van der Waals surface area contributed by atoms with Crippen molar-refractivity contribution in [2.75, 3.05) is 0 Å². The quantitative estimate of drug-likeness (QED) is 0.829. The SMILES string of the molecule is CCCC(C(=O)O)c1ccc(F)cc1C. The standard InChI is InChI=1S/C12H15FO2/c1-3-4-11(12(14)15)10-6-5-9(13)7-8(10)2/h5-7,11H,3-4H2,1-2H3,(H,14,15). The number of hydrogen-bond acceptors (Lipinski definition) is 1. The zero-order valence-electron chi connectivity index (χ0n) is 8.96. The predicted octanol–water partition coefficient (Wildman–Crippen LogP) is 3.10. The minimum Gasteiger partial charge on any atom is -0.481 e. The van der Waals surface area contributed by atoms with Crippen LogP contribution in [0.4, 0.5) is 4.39 Å². The second-order valence-electron chi connectivity index (χ2n) is 3.68. The van der Waals surface area contributed by atoms with E-state index in [9.17, 15) is 9.18 Å². The summed E-state index contributed by atoms with van der Waals surface area (Å²) in [4.78, 5) is 11.0. The Balaban J connectivity index is 3.05. The van der Waals surface area contributed by atoms with E-state index >= 15 is 0 Å². The third-order valence-electron chi connectivity index (χ3n) is 2.48. The molecule has 0 aliphatic heterocycles. The summed E-state index contributed by atoms with van der Waals surface area (Å²) < 4.78 is 12.9. The van der Waals surface area contributed by atoms with Crippen molar-refractivity contribution in [3.05, 3.63) is 35.1 Å². The Labute approximate surface area is 88.7 Å². The number of aliphatic carboxylic acids is 1. The largest absolute Gasteiger partial charge is 0.481 e. The van der Waals surface area contributed by atoms with E-state index in [0.717, 1.165) is 6.42 Å². The molecule has 1 N–H and O–H groups in total. The van der Waals surface area contributed by atoms with Gasteiger partial charge in [0.1, 0.15) is 5.82 Å². The van der Waals surface area contributed by atoms with Gasteiger partial charge in [0.2, 0.25) is 0 Å². The van der Waals surface area contributed by atoms with Crippen LogP contribution in [0.2, 0.25) is 0 Å². The summed E-state index contributed by atoms with van der Waals surface area (Å²) in [6.07, 6.45) is 1.38. The van der Waals surface area contributed by atoms with Crippen LogP contribution < -0.4 is 0 Å². The van der Waals surface area contributed by atoms with Gasteiger partial charge in [-0.25, -0.2) is 4.39 Å². The lowest BCUT2D eigenvalue weighted by atomic mass is 9.91. The first kappa shape index (κ1) is 11.7. The molecule has 0 amide bonds. The van der Waals surface area contributed by atoms with E-state index in [4.69, 9.17) is 5.11 Å². The van der Waals surface area contributed by atoms with Crippen LogP contribution in [0.25, 0.3) is 0 Å². The summed E-state index contributed by atoms with van der Waals surface area (Å²) in [6.45, 7) is 3.68. The Morgan fingerprint density at radius 1 is 1.53 bits per heavy atom. The molecule has 1 unspecified atom stereocenters. The van der Waals surface area contributed by atoms with E-state index in [1.807, 2.05) is 6.92 Å². The van der Waals surface area contributed by atoms with Gasteiger partial charge in [-0.3, -0.25) is 4.79 Å². The molecule has 3 heteroatoms. The fraction of sp³-hybridized carbons (Fsp3) is 0.417. The van der Waals surface area contributed by atoms with E-state index in [0.29, 0.717) is 17.5 Å². The van der Waals surface area contributed by atoms with Crippen LogP contribution in [0, 0.1) is 12.7 Å². The second kappa shape index (κ2) is 4.91. The number of carboxylic acid groups (broad SMARTS) is 1. The Kier molecular flexibility index (Phi) is 3.83. The minimum absolute atomic E-state index is 0.322. The highest BCUT2D eigenvalue weighted by molar-refractivity contribution is 5.76. The van der Waals surface area contributed by atoms with Crippen molar-refractivity contribution in [2.24, 2.45) is 0 Å². The molecule has 0 aliphatic rings. The normalized spacial score (nSPS) is 12.5. The highest BCUT2D eigenvalue weighted by Gasteiger charge is 2.20. The molecule has 0 aromatic heterocycles. The van der Waals surface area contributed by atoms with Crippen LogP contribution in [0.15, 0.2) is 18.2 Å². The molecular formula is C12H15FO2. The van der Waals surface area contributed by atoms with Gasteiger partial charge >= 0.3 is 5.97 Å². The molecule has 0 radical (unpaired) electrons. The van der Waals surface area contributed by atoms with Crippen LogP contribution in [0.3, 0.4) is 0 Å². The fourth-order valence-corrected chi connectivity index (χ4v) is 1.73. The number of rotatable bonds is 4. The molecule has 1 aromatic carbocycles. The average molecular weight is 210 g/mol. The summed E-state index contributed by atoms with van der Waals surface area (Å²) in [6, 6.07) is 4.26. The van der Waals surface area contributed by atoms with Gasteiger partial charge in [0.05, 0.1) is 5.92 Å². The third kappa shape index (κ3) is 2.78. The second-order valence-corrected chi connectivity index (χ2v) is 3.68. The molecule has 0 saturated heterocycles. The van der Waals surface area contributed by atoms with Gasteiger partial charge < -0.3 is 5.11 Å². The Morgan fingerprint density at radius 3 is 2.67 bits per heavy atom. The maximum Gasteiger partial charge on any atom is 0.310 e. The summed E-state index contributed by atoms with van der Waals surface area (Å²) in [5.41, 5.74) is 1.42. The average Bonchev–Trinajstić information content (AvgIpc) is 2.15. The van der Waals surface area contributed by atoms with Crippen molar-refractivity contribution in [1.82, 2.24) is 0 Å². The van der Waals surface area contributed by atoms with Crippen molar-refractivity contribution >= 4 is 5.97 Å². The molecule has 0 aliphatic carbocycles. The number of benzene rings is 1. The summed E-state index contributed by atoms with van der Waals surface area (Å²) in [5.74, 6) is -1.68. The molecule has 0 saturated carbocycles. The number of carboxylic acids is 1. The van der Waals surface area contributed by atoms with Gasteiger partial charge in [0.25, 0.3) is 0 Å². The molecule has 1 aromatic rings. The Hall–Kier alpha value is -1.38. The summed E-state index contributed by atoms with van der Waals surface area (Å²) >= 11 is 0. The van der Waals surface area contributed by atoms with E-state index in [-0.39, 0.29) is 5.82 Å². The molecule has 0 spiro atoms. The van der Waals surface area contributed by atoms with Crippen LogP contribution in [0.5, 0.6) is 0 Å². The van der Waals surface area contributed by atoms with Crippen LogP contribution in [-0.4, -0.2) is 11.1 Å². The highest BCUT2D eigenvalue weighted by atomic mass is 19.1. The molecule has 15 heavy (non-hydrogen) atoms. The Morgan fingerprint density at radius 2 is 2.20 bits per heavy atom. The van der Waals surface area contributed by atoms with E-state index in [1.165, 1.54) is 12.1 Å². The molecule has 2 nitrogen and oxygen atoms in total. The molecule has 0 bridgehead atoms. The maximum atomic E-state index is 12.9. The van der Waals surface area contributed by atoms with Crippen molar-refractivity contribution in [2.45, 2.75) is 32.6 Å². The number of halogens is 1. The number of hydrogen-bond donors (Lipinski definition) is 1. The van der Waals surface area contributed by atoms with Gasteiger partial charge in [-0.05, 0) is 36.6 Å². The molecule has 0 fully saturated rings. The van der Waals surface area contributed by atoms with Gasteiger partial charge in [-0.1, -0.05) is 19.4 Å². The fourth-order valence-electron chi connectivity index (χ4n) is 1.73. The van der Waals surface area contributed by atoms with Crippen molar-refractivity contribution in [3.8, 4) is 0 Å². The van der Waals surface area contributed by atoms with Gasteiger partial charge in [0, 0.05) is 0 Å². The van der Waals surface area contributed by atoms with Crippen molar-refractivity contribution in [3.63, 3.8) is 0 Å². The third-order valence-corrected chi connectivity index (χ3v) is 2.48. The van der Waals surface area contributed by atoms with Gasteiger partial charge in [0.15, 0.2) is 0 Å². The molecule has 1 rings (SSSR count). The Bertz CT molecular complexity index is 361. The molecule has 1 atom stereocenters. The molecule has 0 heterocycles. The topological polar surface area (TPSA) is 37.3 Å². The zero-order chi connectivity index (χ0) is 11.4. The first-order valence-electron chi connectivity index (χ1n) is 5.05. The van der Waals surface area contributed by atoms with E-state index in [2.05, 4.69) is 0 Å². The smallest absolute Gasteiger partial charge is 0.310 e. The van der Waals surface area contributed by atoms with Crippen LogP contribution in [0.1, 0.15) is 36.8 Å². The lowest BCUT2D eigenvalue weighted by Gasteiger charge is -2.14. The van der Waals surface area contributed by atoms with Crippen molar-refractivity contribution < 1.29 is 14.3 Å². The van der Waals surface area contributed by atoms with Gasteiger partial charge in [-0.15, -0.1) is 0 Å². The number of aryl methyl sites for hydroxylation is 1. The van der Waals surface area contributed by atoms with E-state index < -0.39 is 11.9 Å². The lowest BCUT2D eigenvalue weighted by Crippen LogP contribution is -2.12. The predicted molar refractivity (Wildman–Crippen MR) is 56.4 cm³/mol. The summed E-state index contributed by atoms with van der Waals surface area (Å²) in [5, 5.41) is 9.06. The summed E-state index contributed by atoms with van der Waals surface area (Å²) in [7, 11) is 0. The maximum absolute atomic E-state index is 12.9.